The van der Waals surface area contributed by atoms with Gasteiger partial charge in [-0.3, -0.25) is 4.79 Å². The van der Waals surface area contributed by atoms with E-state index in [-0.39, 0.29) is 11.9 Å². The molecule has 1 aliphatic heterocycles. The molecule has 1 amide bonds. The first-order valence-corrected chi connectivity index (χ1v) is 11.8. The van der Waals surface area contributed by atoms with Crippen molar-refractivity contribution in [2.24, 2.45) is 0 Å². The monoisotopic (exact) mass is 429 g/mol. The lowest BCUT2D eigenvalue weighted by Crippen LogP contribution is -3.08. The fourth-order valence-corrected chi connectivity index (χ4v) is 4.82. The molecule has 4 heteroatoms. The second-order valence-electron chi connectivity index (χ2n) is 9.10. The van der Waals surface area contributed by atoms with Gasteiger partial charge < -0.3 is 15.5 Å². The van der Waals surface area contributed by atoms with Crippen LogP contribution in [0.3, 0.4) is 0 Å². The number of hydrogen-bond donors (Lipinski definition) is 3. The van der Waals surface area contributed by atoms with Crippen LogP contribution in [0.15, 0.2) is 72.8 Å². The predicted octanol–water partition coefficient (Wildman–Crippen LogP) is 2.93. The lowest BCUT2D eigenvalue weighted by molar-refractivity contribution is -0.901. The third-order valence-corrected chi connectivity index (χ3v) is 6.37. The summed E-state index contributed by atoms with van der Waals surface area (Å²) in [5.41, 5.74) is 6.92. The number of likely N-dealkylation sites (tertiary alicyclic amines) is 1. The Morgan fingerprint density at radius 3 is 2.22 bits per heavy atom. The van der Waals surface area contributed by atoms with E-state index in [2.05, 4.69) is 54.8 Å². The Bertz CT molecular complexity index is 1020. The quantitative estimate of drug-likeness (QED) is 0.507. The molecule has 1 aliphatic rings. The van der Waals surface area contributed by atoms with Gasteiger partial charge in [0.15, 0.2) is 6.04 Å². The average molecular weight is 430 g/mol. The molecule has 1 fully saturated rings. The van der Waals surface area contributed by atoms with Crippen molar-refractivity contribution in [2.75, 3.05) is 18.4 Å². The van der Waals surface area contributed by atoms with Crippen molar-refractivity contribution in [1.29, 1.82) is 0 Å². The molecular formula is C28H35N3O+2. The first-order valence-electron chi connectivity index (χ1n) is 11.8. The van der Waals surface area contributed by atoms with Crippen LogP contribution in [-0.4, -0.2) is 19.0 Å². The molecule has 3 aromatic carbocycles. The molecule has 0 aliphatic carbocycles. The van der Waals surface area contributed by atoms with E-state index in [9.17, 15) is 4.79 Å². The summed E-state index contributed by atoms with van der Waals surface area (Å²) in [5, 5.41) is 5.33. The smallest absolute Gasteiger partial charge is 0.287 e. The number of carbonyl (C=O) groups excluding carboxylic acids is 1. The molecule has 4 N–H and O–H groups in total. The minimum absolute atomic E-state index is 0.0175. The second kappa shape index (κ2) is 10.6. The fourth-order valence-electron chi connectivity index (χ4n) is 4.82. The van der Waals surface area contributed by atoms with Gasteiger partial charge in [-0.25, -0.2) is 0 Å². The van der Waals surface area contributed by atoms with Crippen LogP contribution < -0.4 is 15.5 Å². The number of aryl methyl sites for hydroxylation is 2. The number of nitrogens with two attached hydrogens (primary N) is 1. The minimum atomic E-state index is -0.302. The van der Waals surface area contributed by atoms with Gasteiger partial charge in [0.1, 0.15) is 13.1 Å². The van der Waals surface area contributed by atoms with Crippen LogP contribution in [0.25, 0.3) is 0 Å². The maximum absolute atomic E-state index is 13.4. The number of amides is 1. The van der Waals surface area contributed by atoms with Crippen molar-refractivity contribution in [3.63, 3.8) is 0 Å². The van der Waals surface area contributed by atoms with Gasteiger partial charge in [-0.05, 0) is 37.1 Å². The summed E-state index contributed by atoms with van der Waals surface area (Å²) in [6.07, 6.45) is 2.66. The lowest BCUT2D eigenvalue weighted by atomic mass is 10.0. The second-order valence-corrected chi connectivity index (χ2v) is 9.10. The van der Waals surface area contributed by atoms with E-state index in [1.165, 1.54) is 37.1 Å². The maximum atomic E-state index is 13.4. The average Bonchev–Trinajstić information content (AvgIpc) is 3.28. The minimum Gasteiger partial charge on any atom is -0.331 e. The van der Waals surface area contributed by atoms with Gasteiger partial charge in [-0.15, -0.1) is 0 Å². The van der Waals surface area contributed by atoms with Gasteiger partial charge in [-0.2, -0.15) is 0 Å². The molecule has 32 heavy (non-hydrogen) atoms. The topological polar surface area (TPSA) is 50.1 Å². The summed E-state index contributed by atoms with van der Waals surface area (Å²) < 4.78 is 0. The highest BCUT2D eigenvalue weighted by Gasteiger charge is 2.25. The van der Waals surface area contributed by atoms with Gasteiger partial charge >= 0.3 is 0 Å². The Balaban J connectivity index is 1.51. The first-order chi connectivity index (χ1) is 15.6. The van der Waals surface area contributed by atoms with Crippen molar-refractivity contribution in [1.82, 2.24) is 0 Å². The first kappa shape index (κ1) is 22.3. The summed E-state index contributed by atoms with van der Waals surface area (Å²) in [7, 11) is 0. The van der Waals surface area contributed by atoms with Crippen LogP contribution in [0, 0.1) is 13.8 Å². The van der Waals surface area contributed by atoms with E-state index in [1.54, 1.807) is 4.90 Å². The number of hydrogen-bond acceptors (Lipinski definition) is 1. The van der Waals surface area contributed by atoms with E-state index in [0.717, 1.165) is 35.5 Å². The Labute approximate surface area is 191 Å². The van der Waals surface area contributed by atoms with Gasteiger partial charge in [0, 0.05) is 35.2 Å². The highest BCUT2D eigenvalue weighted by molar-refractivity contribution is 5.94. The molecule has 4 nitrogen and oxygen atoms in total. The highest BCUT2D eigenvalue weighted by Crippen LogP contribution is 2.17. The Hall–Kier alpha value is -2.95. The zero-order valence-electron chi connectivity index (χ0n) is 19.2. The van der Waals surface area contributed by atoms with Crippen molar-refractivity contribution >= 4 is 11.6 Å². The zero-order valence-corrected chi connectivity index (χ0v) is 19.2. The molecule has 0 bridgehead atoms. The number of rotatable bonds is 8. The van der Waals surface area contributed by atoms with E-state index >= 15 is 0 Å². The summed E-state index contributed by atoms with van der Waals surface area (Å²) >= 11 is 0. The number of carbonyl (C=O) groups is 1. The van der Waals surface area contributed by atoms with Crippen LogP contribution in [0.4, 0.5) is 5.69 Å². The van der Waals surface area contributed by atoms with Gasteiger partial charge in [0.2, 0.25) is 0 Å². The normalized spacial score (nSPS) is 14.9. The van der Waals surface area contributed by atoms with Crippen LogP contribution in [0.5, 0.6) is 0 Å². The Morgan fingerprint density at radius 1 is 0.906 bits per heavy atom. The standard InChI is InChI=1S/C28H33N3O/c1-21-16-22(2)18-26(17-21)30-28(32)27(23-10-4-3-5-11-23)29-19-24-12-6-7-13-25(24)20-31-14-8-9-15-31/h3-7,10-13,16-18,27,29H,8-9,14-15,19-20H2,1-2H3,(H,30,32)/p+2/t27-/m0/s1. The molecule has 3 aromatic rings. The molecule has 166 valence electrons. The fraction of sp³-hybridized carbons (Fsp3) is 0.321. The summed E-state index contributed by atoms with van der Waals surface area (Å²) in [4.78, 5) is 15.0. The van der Waals surface area contributed by atoms with E-state index < -0.39 is 0 Å². The molecule has 0 saturated carbocycles. The zero-order chi connectivity index (χ0) is 22.3. The van der Waals surface area contributed by atoms with Crippen molar-refractivity contribution in [3.8, 4) is 0 Å². The van der Waals surface area contributed by atoms with E-state index in [1.807, 2.05) is 42.5 Å². The third kappa shape index (κ3) is 5.84. The number of benzene rings is 3. The SMILES string of the molecule is Cc1cc(C)cc(NC(=O)[C@@H]([NH2+]Cc2ccccc2C[NH+]2CCCC2)c2ccccc2)c1. The van der Waals surface area contributed by atoms with Crippen LogP contribution in [-0.2, 0) is 17.9 Å². The lowest BCUT2D eigenvalue weighted by Gasteiger charge is -2.18. The van der Waals surface area contributed by atoms with Gasteiger partial charge in [0.05, 0.1) is 13.1 Å². The van der Waals surface area contributed by atoms with Crippen molar-refractivity contribution in [2.45, 2.75) is 45.8 Å². The van der Waals surface area contributed by atoms with Crippen LogP contribution in [0.2, 0.25) is 0 Å². The molecule has 1 heterocycles. The number of quaternary nitrogens is 2. The molecular weight excluding hydrogens is 394 g/mol. The maximum Gasteiger partial charge on any atom is 0.287 e. The highest BCUT2D eigenvalue weighted by atomic mass is 16.2. The van der Waals surface area contributed by atoms with Crippen molar-refractivity contribution < 1.29 is 15.0 Å². The molecule has 0 spiro atoms. The number of anilines is 1. The molecule has 1 saturated heterocycles. The number of nitrogens with one attached hydrogen (secondary N) is 2. The van der Waals surface area contributed by atoms with Crippen LogP contribution in [0.1, 0.15) is 46.7 Å². The summed E-state index contributed by atoms with van der Waals surface area (Å²) in [5.74, 6) is 0.0175. The summed E-state index contributed by atoms with van der Waals surface area (Å²) in [6, 6.07) is 24.7. The Kier molecular flexibility index (Phi) is 7.35. The Morgan fingerprint density at radius 2 is 1.53 bits per heavy atom. The molecule has 1 atom stereocenters. The largest absolute Gasteiger partial charge is 0.331 e. The van der Waals surface area contributed by atoms with E-state index in [0.29, 0.717) is 0 Å². The molecule has 4 rings (SSSR count). The predicted molar refractivity (Wildman–Crippen MR) is 129 cm³/mol. The van der Waals surface area contributed by atoms with Gasteiger partial charge in [-0.1, -0.05) is 60.7 Å². The molecule has 0 unspecified atom stereocenters. The van der Waals surface area contributed by atoms with Gasteiger partial charge in [0.25, 0.3) is 5.91 Å². The molecule has 0 aromatic heterocycles. The third-order valence-electron chi connectivity index (χ3n) is 6.37. The van der Waals surface area contributed by atoms with Crippen LogP contribution >= 0.6 is 0 Å². The molecule has 0 radical (unpaired) electrons. The summed E-state index contributed by atoms with van der Waals surface area (Å²) in [6.45, 7) is 8.51. The van der Waals surface area contributed by atoms with Crippen molar-refractivity contribution in [3.05, 3.63) is 101 Å². The van der Waals surface area contributed by atoms with E-state index in [4.69, 9.17) is 0 Å².